The Labute approximate surface area is 111 Å². The summed E-state index contributed by atoms with van der Waals surface area (Å²) in [5, 5.41) is 10.1. The molecule has 1 fully saturated rings. The summed E-state index contributed by atoms with van der Waals surface area (Å²) in [5.74, 6) is -0.689. The number of hydrogen-bond donors (Lipinski definition) is 1. The van der Waals surface area contributed by atoms with Crippen LogP contribution in [0.2, 0.25) is 0 Å². The van der Waals surface area contributed by atoms with E-state index in [1.165, 1.54) is 6.07 Å². The van der Waals surface area contributed by atoms with Crippen molar-refractivity contribution in [3.8, 4) is 5.75 Å². The van der Waals surface area contributed by atoms with Crippen molar-refractivity contribution in [2.75, 3.05) is 6.61 Å². The average Bonchev–Trinajstić information content (AvgIpc) is 2.69. The van der Waals surface area contributed by atoms with E-state index in [-0.39, 0.29) is 17.8 Å². The van der Waals surface area contributed by atoms with Crippen LogP contribution in [0, 0.1) is 5.82 Å². The molecule has 0 radical (unpaired) electrons. The molecule has 0 bridgehead atoms. The second-order valence-corrected chi connectivity index (χ2v) is 5.43. The van der Waals surface area contributed by atoms with Gasteiger partial charge >= 0.3 is 0 Å². The fourth-order valence-electron chi connectivity index (χ4n) is 2.62. The Morgan fingerprint density at radius 1 is 1.32 bits per heavy atom. The summed E-state index contributed by atoms with van der Waals surface area (Å²) < 4.78 is 30.6. The molecule has 1 saturated heterocycles. The average molecular weight is 268 g/mol. The van der Waals surface area contributed by atoms with Gasteiger partial charge in [-0.2, -0.15) is 0 Å². The Bertz CT molecular complexity index is 488. The highest BCUT2D eigenvalue weighted by Gasteiger charge is 2.42. The maximum atomic E-state index is 13.7. The van der Waals surface area contributed by atoms with Crippen LogP contribution in [0.1, 0.15) is 31.9 Å². The second kappa shape index (κ2) is 4.44. The normalized spacial score (nSPS) is 32.7. The van der Waals surface area contributed by atoms with E-state index in [4.69, 9.17) is 14.2 Å². The number of hydrogen-bond acceptors (Lipinski definition) is 4. The van der Waals surface area contributed by atoms with Crippen LogP contribution in [-0.4, -0.2) is 29.7 Å². The van der Waals surface area contributed by atoms with E-state index < -0.39 is 17.7 Å². The van der Waals surface area contributed by atoms with Crippen molar-refractivity contribution >= 4 is 0 Å². The molecular formula is C14H17FO4. The first-order chi connectivity index (χ1) is 8.96. The van der Waals surface area contributed by atoms with Crippen molar-refractivity contribution in [1.29, 1.82) is 0 Å². The molecule has 2 aliphatic heterocycles. The first-order valence-corrected chi connectivity index (χ1v) is 6.41. The quantitative estimate of drug-likeness (QED) is 0.848. The van der Waals surface area contributed by atoms with E-state index in [1.54, 1.807) is 12.1 Å². The third-order valence-corrected chi connectivity index (χ3v) is 3.53. The predicted molar refractivity (Wildman–Crippen MR) is 65.3 cm³/mol. The Morgan fingerprint density at radius 2 is 2.11 bits per heavy atom. The molecule has 0 amide bonds. The van der Waals surface area contributed by atoms with Crippen molar-refractivity contribution in [1.82, 2.24) is 0 Å². The first kappa shape index (κ1) is 12.8. The second-order valence-electron chi connectivity index (χ2n) is 5.43. The van der Waals surface area contributed by atoms with Gasteiger partial charge in [0, 0.05) is 6.42 Å². The molecular weight excluding hydrogens is 251 g/mol. The highest BCUT2D eigenvalue weighted by molar-refractivity contribution is 5.38. The number of fused-ring (bicyclic) bond motifs is 1. The maximum Gasteiger partial charge on any atom is 0.163 e. The van der Waals surface area contributed by atoms with E-state index in [0.29, 0.717) is 18.8 Å². The van der Waals surface area contributed by atoms with Crippen LogP contribution in [0.4, 0.5) is 4.39 Å². The van der Waals surface area contributed by atoms with Crippen molar-refractivity contribution in [3.63, 3.8) is 0 Å². The molecule has 1 N–H and O–H groups in total. The van der Waals surface area contributed by atoms with E-state index in [0.717, 1.165) is 0 Å². The standard InChI is InChI=1S/C14H17FO4/c1-14(2)17-7-12(19-14)11-6-9(16)13-8(15)4-3-5-10(13)18-11/h3-5,9,11-12,16H,6-7H2,1-2H3/t9-,11-,12+/m1/s1. The molecule has 19 heavy (non-hydrogen) atoms. The van der Waals surface area contributed by atoms with Crippen LogP contribution in [-0.2, 0) is 9.47 Å². The fraction of sp³-hybridized carbons (Fsp3) is 0.571. The molecule has 0 aromatic heterocycles. The minimum Gasteiger partial charge on any atom is -0.487 e. The zero-order valence-electron chi connectivity index (χ0n) is 10.9. The van der Waals surface area contributed by atoms with Crippen LogP contribution in [0.15, 0.2) is 18.2 Å². The highest BCUT2D eigenvalue weighted by Crippen LogP contribution is 2.39. The Hall–Kier alpha value is -1.17. The van der Waals surface area contributed by atoms with Crippen molar-refractivity contribution in [3.05, 3.63) is 29.6 Å². The fourth-order valence-corrected chi connectivity index (χ4v) is 2.62. The van der Waals surface area contributed by atoms with Gasteiger partial charge in [0.1, 0.15) is 23.8 Å². The number of aliphatic hydroxyl groups is 1. The van der Waals surface area contributed by atoms with Crippen molar-refractivity contribution in [2.24, 2.45) is 0 Å². The molecule has 2 heterocycles. The van der Waals surface area contributed by atoms with Gasteiger partial charge in [0.2, 0.25) is 0 Å². The molecule has 1 aromatic carbocycles. The van der Waals surface area contributed by atoms with Gasteiger partial charge in [0.25, 0.3) is 0 Å². The Morgan fingerprint density at radius 3 is 2.79 bits per heavy atom. The van der Waals surface area contributed by atoms with E-state index in [1.807, 2.05) is 13.8 Å². The predicted octanol–water partition coefficient (Wildman–Crippen LogP) is 2.16. The van der Waals surface area contributed by atoms with Crippen LogP contribution in [0.3, 0.4) is 0 Å². The maximum absolute atomic E-state index is 13.7. The molecule has 2 aliphatic rings. The number of ether oxygens (including phenoxy) is 3. The molecule has 0 unspecified atom stereocenters. The molecule has 5 heteroatoms. The van der Waals surface area contributed by atoms with E-state index in [2.05, 4.69) is 0 Å². The van der Waals surface area contributed by atoms with Gasteiger partial charge in [0.05, 0.1) is 18.3 Å². The lowest BCUT2D eigenvalue weighted by Crippen LogP contribution is -2.39. The third-order valence-electron chi connectivity index (χ3n) is 3.53. The minimum atomic E-state index is -0.873. The number of rotatable bonds is 1. The van der Waals surface area contributed by atoms with Gasteiger partial charge in [-0.3, -0.25) is 0 Å². The van der Waals surface area contributed by atoms with Gasteiger partial charge in [-0.05, 0) is 26.0 Å². The highest BCUT2D eigenvalue weighted by atomic mass is 19.1. The monoisotopic (exact) mass is 268 g/mol. The zero-order valence-corrected chi connectivity index (χ0v) is 10.9. The molecule has 0 spiro atoms. The molecule has 3 atom stereocenters. The summed E-state index contributed by atoms with van der Waals surface area (Å²) in [6.07, 6.45) is -1.15. The van der Waals surface area contributed by atoms with Crippen LogP contribution >= 0.6 is 0 Å². The van der Waals surface area contributed by atoms with Crippen molar-refractivity contribution in [2.45, 2.75) is 44.4 Å². The van der Waals surface area contributed by atoms with Crippen LogP contribution < -0.4 is 4.74 Å². The molecule has 104 valence electrons. The number of aliphatic hydroxyl groups excluding tert-OH is 1. The molecule has 0 aliphatic carbocycles. The van der Waals surface area contributed by atoms with Gasteiger partial charge in [0.15, 0.2) is 5.79 Å². The van der Waals surface area contributed by atoms with Gasteiger partial charge in [-0.1, -0.05) is 6.07 Å². The SMILES string of the molecule is CC1(C)OC[C@@H]([C@H]2C[C@@H](O)c3c(F)cccc3O2)O1. The summed E-state index contributed by atoms with van der Waals surface area (Å²) in [6.45, 7) is 4.08. The Balaban J connectivity index is 1.82. The largest absolute Gasteiger partial charge is 0.487 e. The summed E-state index contributed by atoms with van der Waals surface area (Å²) >= 11 is 0. The molecule has 0 saturated carbocycles. The molecule has 4 nitrogen and oxygen atoms in total. The van der Waals surface area contributed by atoms with Gasteiger partial charge in [-0.25, -0.2) is 4.39 Å². The van der Waals surface area contributed by atoms with E-state index in [9.17, 15) is 9.50 Å². The first-order valence-electron chi connectivity index (χ1n) is 6.41. The lowest BCUT2D eigenvalue weighted by Gasteiger charge is -2.32. The summed E-state index contributed by atoms with van der Waals surface area (Å²) in [4.78, 5) is 0. The molecule has 3 rings (SSSR count). The lowest BCUT2D eigenvalue weighted by atomic mass is 9.96. The summed E-state index contributed by atoms with van der Waals surface area (Å²) in [5.41, 5.74) is 0.233. The van der Waals surface area contributed by atoms with Gasteiger partial charge < -0.3 is 19.3 Å². The smallest absolute Gasteiger partial charge is 0.163 e. The summed E-state index contributed by atoms with van der Waals surface area (Å²) in [7, 11) is 0. The topological polar surface area (TPSA) is 47.9 Å². The third kappa shape index (κ3) is 2.33. The number of benzene rings is 1. The van der Waals surface area contributed by atoms with Crippen LogP contribution in [0.5, 0.6) is 5.75 Å². The number of halogens is 1. The minimum absolute atomic E-state index is 0.233. The Kier molecular flexibility index (Phi) is 3.00. The van der Waals surface area contributed by atoms with E-state index >= 15 is 0 Å². The van der Waals surface area contributed by atoms with Crippen molar-refractivity contribution < 1.29 is 23.7 Å². The molecule has 1 aromatic rings. The summed E-state index contributed by atoms with van der Waals surface area (Å²) in [6, 6.07) is 4.55. The van der Waals surface area contributed by atoms with Crippen LogP contribution in [0.25, 0.3) is 0 Å². The van der Waals surface area contributed by atoms with Gasteiger partial charge in [-0.15, -0.1) is 0 Å². The lowest BCUT2D eigenvalue weighted by molar-refractivity contribution is -0.152. The zero-order chi connectivity index (χ0) is 13.6.